The molecule has 1 saturated heterocycles. The number of anilines is 1. The molecule has 1 aliphatic carbocycles. The van der Waals surface area contributed by atoms with E-state index in [-0.39, 0.29) is 39.2 Å². The molecule has 3 amide bonds. The Hall–Kier alpha value is -1.93. The lowest BCUT2D eigenvalue weighted by atomic mass is 9.81. The van der Waals surface area contributed by atoms with E-state index in [4.69, 9.17) is 0 Å². The van der Waals surface area contributed by atoms with Gasteiger partial charge in [0.2, 0.25) is 11.8 Å². The first kappa shape index (κ1) is 20.3. The topological polar surface area (TPSA) is 71.4 Å². The van der Waals surface area contributed by atoms with Gasteiger partial charge >= 0.3 is 0 Å². The molecule has 1 aromatic heterocycles. The molecule has 2 aliphatic rings. The molecule has 1 aliphatic heterocycles. The average Bonchev–Trinajstić information content (AvgIpc) is 3.13. The Labute approximate surface area is 185 Å². The summed E-state index contributed by atoms with van der Waals surface area (Å²) in [6.07, 6.45) is 1.27. The lowest BCUT2D eigenvalue weighted by molar-refractivity contribution is -0.122. The van der Waals surface area contributed by atoms with Crippen molar-refractivity contribution in [3.8, 4) is 0 Å². The van der Waals surface area contributed by atoms with E-state index in [1.54, 1.807) is 28.9 Å². The number of amides is 3. The zero-order valence-corrected chi connectivity index (χ0v) is 19.2. The number of fused-ring (bicyclic) bond motifs is 1. The molecule has 4 atom stereocenters. The van der Waals surface area contributed by atoms with Crippen LogP contribution in [0, 0.1) is 25.7 Å². The van der Waals surface area contributed by atoms with E-state index >= 15 is 0 Å². The van der Waals surface area contributed by atoms with Gasteiger partial charge in [0.1, 0.15) is 0 Å². The van der Waals surface area contributed by atoms with E-state index in [9.17, 15) is 14.4 Å². The van der Waals surface area contributed by atoms with Crippen molar-refractivity contribution in [3.63, 3.8) is 0 Å². The van der Waals surface area contributed by atoms with Crippen molar-refractivity contribution in [3.05, 3.63) is 53.3 Å². The average molecular weight is 523 g/mol. The lowest BCUT2D eigenvalue weighted by Gasteiger charge is -2.29. The van der Waals surface area contributed by atoms with Crippen molar-refractivity contribution in [2.24, 2.45) is 11.8 Å². The molecule has 152 valence electrons. The van der Waals surface area contributed by atoms with Gasteiger partial charge in [0, 0.05) is 26.6 Å². The van der Waals surface area contributed by atoms with Gasteiger partial charge in [-0.3, -0.25) is 29.4 Å². The molecule has 0 radical (unpaired) electrons. The highest BCUT2D eigenvalue weighted by Crippen LogP contribution is 2.44. The third-order valence-electron chi connectivity index (χ3n) is 5.78. The standard InChI is InChI=1S/C21H21Br2N3O3/c1-11-3-4-12(2)26(11)24-19(27)13-5-7-14(8-6-13)25-20(28)15-9-17(22)18(23)10-16(15)21(25)29/h3-8,15-18H,9-10H2,1-2H3,(H,24,27)/t15-,16-,17+,18+/m1/s1. The fourth-order valence-electron chi connectivity index (χ4n) is 4.12. The van der Waals surface area contributed by atoms with Gasteiger partial charge in [-0.05, 0) is 63.1 Å². The molecular formula is C21H21Br2N3O3. The van der Waals surface area contributed by atoms with Gasteiger partial charge in [0.15, 0.2) is 0 Å². The van der Waals surface area contributed by atoms with E-state index in [0.717, 1.165) is 11.4 Å². The van der Waals surface area contributed by atoms with Crippen molar-refractivity contribution in [1.82, 2.24) is 4.68 Å². The first-order valence-corrected chi connectivity index (χ1v) is 11.3. The van der Waals surface area contributed by atoms with Gasteiger partial charge in [-0.1, -0.05) is 31.9 Å². The number of rotatable bonds is 3. The molecule has 1 aromatic carbocycles. The number of hydrogen-bond donors (Lipinski definition) is 1. The minimum absolute atomic E-state index is 0.153. The summed E-state index contributed by atoms with van der Waals surface area (Å²) in [5, 5.41) is 0. The highest BCUT2D eigenvalue weighted by molar-refractivity contribution is 9.12. The molecule has 0 unspecified atom stereocenters. The highest BCUT2D eigenvalue weighted by atomic mass is 79.9. The summed E-state index contributed by atoms with van der Waals surface area (Å²) in [7, 11) is 0. The molecule has 1 N–H and O–H groups in total. The van der Waals surface area contributed by atoms with Crippen LogP contribution in [0.25, 0.3) is 0 Å². The van der Waals surface area contributed by atoms with Crippen LogP contribution in [-0.4, -0.2) is 32.1 Å². The molecular weight excluding hydrogens is 502 g/mol. The van der Waals surface area contributed by atoms with Crippen LogP contribution in [-0.2, 0) is 9.59 Å². The van der Waals surface area contributed by atoms with Gasteiger partial charge < -0.3 is 0 Å². The van der Waals surface area contributed by atoms with Crippen LogP contribution in [0.5, 0.6) is 0 Å². The molecule has 4 rings (SSSR count). The molecule has 8 heteroatoms. The number of alkyl halides is 2. The normalized spacial score (nSPS) is 26.6. The number of halogens is 2. The van der Waals surface area contributed by atoms with Crippen LogP contribution in [0.2, 0.25) is 0 Å². The smallest absolute Gasteiger partial charge is 0.270 e. The van der Waals surface area contributed by atoms with Gasteiger partial charge in [0.05, 0.1) is 17.5 Å². The minimum Gasteiger partial charge on any atom is -0.274 e. The maximum absolute atomic E-state index is 12.9. The summed E-state index contributed by atoms with van der Waals surface area (Å²) in [6.45, 7) is 3.82. The van der Waals surface area contributed by atoms with Crippen LogP contribution < -0.4 is 10.3 Å². The number of benzene rings is 1. The zero-order chi connectivity index (χ0) is 20.9. The second kappa shape index (κ2) is 7.72. The van der Waals surface area contributed by atoms with Crippen molar-refractivity contribution in [1.29, 1.82) is 0 Å². The number of imide groups is 1. The van der Waals surface area contributed by atoms with E-state index in [1.165, 1.54) is 4.90 Å². The van der Waals surface area contributed by atoms with Crippen molar-refractivity contribution < 1.29 is 14.4 Å². The summed E-state index contributed by atoms with van der Waals surface area (Å²) in [5.74, 6) is -1.14. The Kier molecular flexibility index (Phi) is 5.42. The zero-order valence-electron chi connectivity index (χ0n) is 16.1. The molecule has 0 spiro atoms. The molecule has 2 aromatic rings. The van der Waals surface area contributed by atoms with Crippen LogP contribution in [0.4, 0.5) is 5.69 Å². The number of carbonyl (C=O) groups is 3. The quantitative estimate of drug-likeness (QED) is 0.490. The first-order chi connectivity index (χ1) is 13.8. The summed E-state index contributed by atoms with van der Waals surface area (Å²) in [6, 6.07) is 10.5. The second-order valence-corrected chi connectivity index (χ2v) is 10.0. The molecule has 2 heterocycles. The molecule has 6 nitrogen and oxygen atoms in total. The Morgan fingerprint density at radius 2 is 1.38 bits per heavy atom. The monoisotopic (exact) mass is 521 g/mol. The summed E-state index contributed by atoms with van der Waals surface area (Å²) in [4.78, 5) is 40.0. The number of nitrogens with one attached hydrogen (secondary N) is 1. The Morgan fingerprint density at radius 1 is 0.897 bits per heavy atom. The number of nitrogens with zero attached hydrogens (tertiary/aromatic N) is 2. The highest BCUT2D eigenvalue weighted by Gasteiger charge is 2.52. The van der Waals surface area contributed by atoms with Gasteiger partial charge in [-0.25, -0.2) is 0 Å². The maximum atomic E-state index is 12.9. The fraction of sp³-hybridized carbons (Fsp3) is 0.381. The minimum atomic E-state index is -0.289. The molecule has 1 saturated carbocycles. The maximum Gasteiger partial charge on any atom is 0.270 e. The van der Waals surface area contributed by atoms with Crippen LogP contribution in [0.3, 0.4) is 0 Å². The van der Waals surface area contributed by atoms with Crippen LogP contribution >= 0.6 is 31.9 Å². The first-order valence-electron chi connectivity index (χ1n) is 9.50. The van der Waals surface area contributed by atoms with Gasteiger partial charge in [0.25, 0.3) is 5.91 Å². The van der Waals surface area contributed by atoms with Crippen molar-refractivity contribution in [2.45, 2.75) is 36.3 Å². The summed E-state index contributed by atoms with van der Waals surface area (Å²) in [5.41, 5.74) is 5.68. The molecule has 2 fully saturated rings. The van der Waals surface area contributed by atoms with Gasteiger partial charge in [-0.2, -0.15) is 0 Å². The van der Waals surface area contributed by atoms with Crippen molar-refractivity contribution in [2.75, 3.05) is 10.3 Å². The van der Waals surface area contributed by atoms with Crippen molar-refractivity contribution >= 4 is 55.3 Å². The number of carbonyl (C=O) groups excluding carboxylic acids is 3. The third kappa shape index (κ3) is 3.57. The number of aromatic nitrogens is 1. The number of aryl methyl sites for hydroxylation is 2. The predicted octanol–water partition coefficient (Wildman–Crippen LogP) is 3.92. The summed E-state index contributed by atoms with van der Waals surface area (Å²) < 4.78 is 1.72. The number of hydrogen-bond acceptors (Lipinski definition) is 3. The van der Waals surface area contributed by atoms with Crippen LogP contribution in [0.1, 0.15) is 34.6 Å². The third-order valence-corrected chi connectivity index (χ3v) is 8.52. The van der Waals surface area contributed by atoms with Crippen LogP contribution in [0.15, 0.2) is 36.4 Å². The molecule has 29 heavy (non-hydrogen) atoms. The van der Waals surface area contributed by atoms with Gasteiger partial charge in [-0.15, -0.1) is 0 Å². The second-order valence-electron chi connectivity index (χ2n) is 7.67. The van der Waals surface area contributed by atoms with E-state index in [2.05, 4.69) is 37.3 Å². The van der Waals surface area contributed by atoms with E-state index < -0.39 is 0 Å². The predicted molar refractivity (Wildman–Crippen MR) is 118 cm³/mol. The fourth-order valence-corrected chi connectivity index (χ4v) is 5.36. The largest absolute Gasteiger partial charge is 0.274 e. The summed E-state index contributed by atoms with van der Waals surface area (Å²) >= 11 is 7.20. The Balaban J connectivity index is 1.53. The van der Waals surface area contributed by atoms with E-state index in [0.29, 0.717) is 24.1 Å². The Bertz CT molecular complexity index is 938. The van der Waals surface area contributed by atoms with E-state index in [1.807, 2.05) is 26.0 Å². The molecule has 0 bridgehead atoms. The Morgan fingerprint density at radius 3 is 1.86 bits per heavy atom. The lowest BCUT2D eigenvalue weighted by Crippen LogP contribution is -2.34. The SMILES string of the molecule is Cc1ccc(C)n1NC(=O)c1ccc(N2C(=O)[C@@H]3C[C@H](Br)[C@@H](Br)C[C@H]3C2=O)cc1.